The molecule has 0 fully saturated rings. The van der Waals surface area contributed by atoms with Gasteiger partial charge in [0, 0.05) is 0 Å². The molecule has 0 aliphatic heterocycles. The summed E-state index contributed by atoms with van der Waals surface area (Å²) in [5.74, 6) is 0. The van der Waals surface area contributed by atoms with Crippen LogP contribution in [0.4, 0.5) is 4.79 Å². The first-order valence-corrected chi connectivity index (χ1v) is 6.84. The summed E-state index contributed by atoms with van der Waals surface area (Å²) >= 11 is 0. The van der Waals surface area contributed by atoms with Gasteiger partial charge in [0.25, 0.3) is 0 Å². The molecule has 2 N–H and O–H groups in total. The molecule has 21 heavy (non-hydrogen) atoms. The van der Waals surface area contributed by atoms with Gasteiger partial charge >= 0.3 is 6.09 Å². The second kappa shape index (κ2) is 7.45. The summed E-state index contributed by atoms with van der Waals surface area (Å²) in [5.41, 5.74) is 2.82. The van der Waals surface area contributed by atoms with Crippen LogP contribution in [0.5, 0.6) is 0 Å². The van der Waals surface area contributed by atoms with Crippen LogP contribution in [0, 0.1) is 6.92 Å². The molecule has 0 aromatic heterocycles. The smallest absolute Gasteiger partial charge is 0.407 e. The summed E-state index contributed by atoms with van der Waals surface area (Å²) in [4.78, 5) is 11.6. The van der Waals surface area contributed by atoms with Gasteiger partial charge in [-0.3, -0.25) is 0 Å². The van der Waals surface area contributed by atoms with E-state index in [9.17, 15) is 9.90 Å². The number of aliphatic hydroxyl groups excluding tert-OH is 1. The van der Waals surface area contributed by atoms with Crippen molar-refractivity contribution in [3.8, 4) is 0 Å². The van der Waals surface area contributed by atoms with Gasteiger partial charge in [-0.2, -0.15) is 0 Å². The third kappa shape index (κ3) is 4.93. The van der Waals surface area contributed by atoms with Crippen molar-refractivity contribution in [2.45, 2.75) is 19.6 Å². The zero-order chi connectivity index (χ0) is 15.1. The Morgan fingerprint density at radius 3 is 2.48 bits per heavy atom. The molecular weight excluding hydrogens is 266 g/mol. The summed E-state index contributed by atoms with van der Waals surface area (Å²) < 4.78 is 5.07. The Kier molecular flexibility index (Phi) is 5.35. The van der Waals surface area contributed by atoms with E-state index in [0.29, 0.717) is 0 Å². The number of carbonyl (C=O) groups excluding carboxylic acids is 1. The number of ether oxygens (including phenoxy) is 1. The Hall–Kier alpha value is -2.33. The van der Waals surface area contributed by atoms with Crippen molar-refractivity contribution >= 4 is 6.09 Å². The van der Waals surface area contributed by atoms with E-state index in [0.717, 1.165) is 16.7 Å². The van der Waals surface area contributed by atoms with Gasteiger partial charge in [0.15, 0.2) is 0 Å². The van der Waals surface area contributed by atoms with Gasteiger partial charge in [-0.05, 0) is 18.1 Å². The molecule has 2 rings (SSSR count). The summed E-state index contributed by atoms with van der Waals surface area (Å²) in [5, 5.41) is 12.5. The van der Waals surface area contributed by atoms with Crippen LogP contribution in [0.25, 0.3) is 0 Å². The fraction of sp³-hybridized carbons (Fsp3) is 0.235. The van der Waals surface area contributed by atoms with Crippen molar-refractivity contribution < 1.29 is 14.6 Å². The number of benzene rings is 2. The molecule has 0 aliphatic rings. The van der Waals surface area contributed by atoms with E-state index in [-0.39, 0.29) is 13.2 Å². The number of rotatable bonds is 5. The maximum absolute atomic E-state index is 11.6. The minimum atomic E-state index is -0.741. The second-order valence-corrected chi connectivity index (χ2v) is 4.87. The first-order chi connectivity index (χ1) is 10.1. The van der Waals surface area contributed by atoms with Gasteiger partial charge in [0.1, 0.15) is 6.61 Å². The predicted octanol–water partition coefficient (Wildman–Crippen LogP) is 2.95. The minimum absolute atomic E-state index is 0.122. The summed E-state index contributed by atoms with van der Waals surface area (Å²) in [7, 11) is 0. The van der Waals surface area contributed by atoms with Crippen molar-refractivity contribution in [1.29, 1.82) is 0 Å². The number of alkyl carbamates (subject to hydrolysis) is 1. The number of aryl methyl sites for hydroxylation is 1. The third-order valence-corrected chi connectivity index (χ3v) is 3.11. The first kappa shape index (κ1) is 15.1. The highest BCUT2D eigenvalue weighted by Crippen LogP contribution is 2.12. The van der Waals surface area contributed by atoms with Gasteiger partial charge in [0.05, 0.1) is 12.6 Å². The van der Waals surface area contributed by atoms with E-state index in [1.807, 2.05) is 61.5 Å². The molecule has 2 aromatic carbocycles. The lowest BCUT2D eigenvalue weighted by Gasteiger charge is -2.12. The molecule has 0 aliphatic carbocycles. The van der Waals surface area contributed by atoms with Gasteiger partial charge in [-0.25, -0.2) is 4.79 Å². The van der Waals surface area contributed by atoms with Gasteiger partial charge < -0.3 is 15.2 Å². The second-order valence-electron chi connectivity index (χ2n) is 4.87. The molecule has 0 bridgehead atoms. The number of carbonyl (C=O) groups is 1. The molecule has 0 spiro atoms. The van der Waals surface area contributed by atoms with Crippen LogP contribution in [0.15, 0.2) is 54.6 Å². The predicted molar refractivity (Wildman–Crippen MR) is 80.8 cm³/mol. The lowest BCUT2D eigenvalue weighted by atomic mass is 10.1. The highest BCUT2D eigenvalue weighted by molar-refractivity contribution is 5.67. The van der Waals surface area contributed by atoms with Crippen LogP contribution in [0.2, 0.25) is 0 Å². The largest absolute Gasteiger partial charge is 0.445 e. The fourth-order valence-electron chi connectivity index (χ4n) is 1.86. The fourth-order valence-corrected chi connectivity index (χ4v) is 1.86. The standard InChI is InChI=1S/C17H19NO3/c1-13-7-9-15(10-8-13)16(19)11-18-17(20)21-12-14-5-3-2-4-6-14/h2-10,16,19H,11-12H2,1H3,(H,18,20)/t16-/m0/s1. The molecule has 0 saturated carbocycles. The summed E-state index contributed by atoms with van der Waals surface area (Å²) in [6.07, 6.45) is -1.28. The van der Waals surface area contributed by atoms with Crippen molar-refractivity contribution in [3.05, 3.63) is 71.3 Å². The zero-order valence-electron chi connectivity index (χ0n) is 12.0. The molecule has 0 heterocycles. The molecule has 0 saturated heterocycles. The number of nitrogens with one attached hydrogen (secondary N) is 1. The maximum atomic E-state index is 11.6. The Balaban J connectivity index is 1.74. The first-order valence-electron chi connectivity index (χ1n) is 6.84. The van der Waals surface area contributed by atoms with Crippen LogP contribution in [-0.4, -0.2) is 17.7 Å². The van der Waals surface area contributed by atoms with Crippen molar-refractivity contribution in [2.24, 2.45) is 0 Å². The van der Waals surface area contributed by atoms with E-state index in [1.54, 1.807) is 0 Å². The topological polar surface area (TPSA) is 58.6 Å². The quantitative estimate of drug-likeness (QED) is 0.888. The van der Waals surface area contributed by atoms with Crippen LogP contribution < -0.4 is 5.32 Å². The Morgan fingerprint density at radius 2 is 1.81 bits per heavy atom. The maximum Gasteiger partial charge on any atom is 0.407 e. The molecular formula is C17H19NO3. The molecule has 1 amide bonds. The molecule has 4 nitrogen and oxygen atoms in total. The Bertz CT molecular complexity index is 566. The minimum Gasteiger partial charge on any atom is -0.445 e. The number of aliphatic hydroxyl groups is 1. The number of amides is 1. The van der Waals surface area contributed by atoms with Crippen molar-refractivity contribution in [3.63, 3.8) is 0 Å². The van der Waals surface area contributed by atoms with Crippen LogP contribution in [0.3, 0.4) is 0 Å². The molecule has 2 aromatic rings. The van der Waals surface area contributed by atoms with Crippen LogP contribution >= 0.6 is 0 Å². The highest BCUT2D eigenvalue weighted by Gasteiger charge is 2.09. The van der Waals surface area contributed by atoms with E-state index >= 15 is 0 Å². The molecule has 0 radical (unpaired) electrons. The SMILES string of the molecule is Cc1ccc([C@@H](O)CNC(=O)OCc2ccccc2)cc1. The van der Waals surface area contributed by atoms with E-state index in [1.165, 1.54) is 0 Å². The van der Waals surface area contributed by atoms with Gasteiger partial charge in [0.2, 0.25) is 0 Å². The number of hydrogen-bond acceptors (Lipinski definition) is 3. The Labute approximate surface area is 124 Å². The van der Waals surface area contributed by atoms with E-state index < -0.39 is 12.2 Å². The van der Waals surface area contributed by atoms with Crippen molar-refractivity contribution in [1.82, 2.24) is 5.32 Å². The highest BCUT2D eigenvalue weighted by atomic mass is 16.5. The lowest BCUT2D eigenvalue weighted by molar-refractivity contribution is 0.126. The van der Waals surface area contributed by atoms with Gasteiger partial charge in [-0.1, -0.05) is 60.2 Å². The Morgan fingerprint density at radius 1 is 1.14 bits per heavy atom. The number of hydrogen-bond donors (Lipinski definition) is 2. The summed E-state index contributed by atoms with van der Waals surface area (Å²) in [6, 6.07) is 17.0. The van der Waals surface area contributed by atoms with E-state index in [4.69, 9.17) is 4.74 Å². The monoisotopic (exact) mass is 285 g/mol. The molecule has 4 heteroatoms. The molecule has 1 atom stereocenters. The van der Waals surface area contributed by atoms with Gasteiger partial charge in [-0.15, -0.1) is 0 Å². The molecule has 0 unspecified atom stereocenters. The van der Waals surface area contributed by atoms with E-state index in [2.05, 4.69) is 5.32 Å². The third-order valence-electron chi connectivity index (χ3n) is 3.11. The summed E-state index contributed by atoms with van der Waals surface area (Å²) in [6.45, 7) is 2.32. The van der Waals surface area contributed by atoms with Crippen LogP contribution in [0.1, 0.15) is 22.8 Å². The average Bonchev–Trinajstić information content (AvgIpc) is 2.52. The zero-order valence-corrected chi connectivity index (χ0v) is 12.0. The van der Waals surface area contributed by atoms with Crippen LogP contribution in [-0.2, 0) is 11.3 Å². The average molecular weight is 285 g/mol. The molecule has 110 valence electrons. The van der Waals surface area contributed by atoms with Crippen molar-refractivity contribution in [2.75, 3.05) is 6.54 Å². The normalized spacial score (nSPS) is 11.7. The lowest BCUT2D eigenvalue weighted by Crippen LogP contribution is -2.28.